The summed E-state index contributed by atoms with van der Waals surface area (Å²) in [5.41, 5.74) is 10.2. The van der Waals surface area contributed by atoms with Gasteiger partial charge in [0.05, 0.1) is 0 Å². The number of amides is 1. The minimum absolute atomic E-state index is 0.0440. The summed E-state index contributed by atoms with van der Waals surface area (Å²) in [5.74, 6) is -0.0440. The van der Waals surface area contributed by atoms with Gasteiger partial charge in [-0.25, -0.2) is 0 Å². The van der Waals surface area contributed by atoms with Crippen LogP contribution in [0.4, 0.5) is 0 Å². The van der Waals surface area contributed by atoms with E-state index in [1.807, 2.05) is 0 Å². The van der Waals surface area contributed by atoms with Gasteiger partial charge in [0.1, 0.15) is 0 Å². The van der Waals surface area contributed by atoms with Crippen LogP contribution in [0.15, 0.2) is 0 Å². The number of hydrogen-bond acceptors (Lipinski definition) is 2. The SMILES string of the molecule is CCCCCCCCCCCCCCCCCC(=O)NNC(N)=S. The Morgan fingerprint density at radius 3 is 1.46 bits per heavy atom. The van der Waals surface area contributed by atoms with Crippen LogP contribution in [0.2, 0.25) is 0 Å². The van der Waals surface area contributed by atoms with E-state index in [2.05, 4.69) is 30.0 Å². The maximum Gasteiger partial charge on any atom is 0.238 e. The molecule has 0 aromatic rings. The van der Waals surface area contributed by atoms with E-state index in [4.69, 9.17) is 5.73 Å². The van der Waals surface area contributed by atoms with Crippen molar-refractivity contribution in [2.24, 2.45) is 5.73 Å². The highest BCUT2D eigenvalue weighted by Gasteiger charge is 2.00. The predicted octanol–water partition coefficient (Wildman–Crippen LogP) is 5.11. The first-order valence-electron chi connectivity index (χ1n) is 10.0. The smallest absolute Gasteiger partial charge is 0.238 e. The van der Waals surface area contributed by atoms with E-state index < -0.39 is 0 Å². The molecule has 0 unspecified atom stereocenters. The second kappa shape index (κ2) is 18.5. The van der Waals surface area contributed by atoms with Gasteiger partial charge in [-0.2, -0.15) is 0 Å². The van der Waals surface area contributed by atoms with Crippen LogP contribution in [0.25, 0.3) is 0 Å². The van der Waals surface area contributed by atoms with E-state index in [0.29, 0.717) is 6.42 Å². The lowest BCUT2D eigenvalue weighted by molar-refractivity contribution is -0.121. The van der Waals surface area contributed by atoms with Crippen molar-refractivity contribution in [2.45, 2.75) is 110 Å². The molecule has 0 aromatic heterocycles. The minimum Gasteiger partial charge on any atom is -0.375 e. The average Bonchev–Trinajstić information content (AvgIpc) is 2.56. The Labute approximate surface area is 154 Å². The molecule has 0 rings (SSSR count). The largest absolute Gasteiger partial charge is 0.375 e. The van der Waals surface area contributed by atoms with Crippen molar-refractivity contribution in [1.29, 1.82) is 0 Å². The molecule has 5 heteroatoms. The van der Waals surface area contributed by atoms with Gasteiger partial charge in [0.25, 0.3) is 0 Å². The Kier molecular flexibility index (Phi) is 17.9. The summed E-state index contributed by atoms with van der Waals surface area (Å²) < 4.78 is 0. The zero-order valence-electron chi connectivity index (χ0n) is 15.7. The minimum atomic E-state index is -0.0440. The van der Waals surface area contributed by atoms with Gasteiger partial charge in [-0.1, -0.05) is 96.8 Å². The topological polar surface area (TPSA) is 67.2 Å². The Hall–Kier alpha value is -0.840. The fourth-order valence-electron chi connectivity index (χ4n) is 2.85. The summed E-state index contributed by atoms with van der Waals surface area (Å²) in [6.07, 6.45) is 20.5. The molecule has 0 aliphatic rings. The van der Waals surface area contributed by atoms with Crippen LogP contribution in [0.1, 0.15) is 110 Å². The number of rotatable bonds is 16. The quantitative estimate of drug-likeness (QED) is 0.204. The molecule has 0 aromatic carbocycles. The molecule has 4 nitrogen and oxygen atoms in total. The van der Waals surface area contributed by atoms with Gasteiger partial charge < -0.3 is 5.73 Å². The maximum atomic E-state index is 11.4. The Balaban J connectivity index is 3.10. The second-order valence-electron chi connectivity index (χ2n) is 6.74. The summed E-state index contributed by atoms with van der Waals surface area (Å²) in [4.78, 5) is 11.4. The fourth-order valence-corrected chi connectivity index (χ4v) is 2.90. The van der Waals surface area contributed by atoms with E-state index in [-0.39, 0.29) is 11.0 Å². The summed E-state index contributed by atoms with van der Waals surface area (Å²) in [5, 5.41) is 0.0971. The molecule has 0 aliphatic carbocycles. The number of thiocarbonyl (C=S) groups is 1. The normalized spacial score (nSPS) is 10.5. The molecule has 0 atom stereocenters. The zero-order valence-corrected chi connectivity index (χ0v) is 16.5. The van der Waals surface area contributed by atoms with E-state index in [0.717, 1.165) is 12.8 Å². The van der Waals surface area contributed by atoms with Gasteiger partial charge in [-0.05, 0) is 18.6 Å². The molecule has 1 amide bonds. The van der Waals surface area contributed by atoms with Crippen LogP contribution in [0.5, 0.6) is 0 Å². The number of hydrazine groups is 1. The molecule has 0 fully saturated rings. The van der Waals surface area contributed by atoms with Crippen molar-refractivity contribution in [2.75, 3.05) is 0 Å². The monoisotopic (exact) mass is 357 g/mol. The molecular formula is C19H39N3OS. The van der Waals surface area contributed by atoms with Crippen molar-refractivity contribution in [1.82, 2.24) is 10.9 Å². The Bertz CT molecular complexity index is 311. The Morgan fingerprint density at radius 2 is 1.08 bits per heavy atom. The highest BCUT2D eigenvalue weighted by atomic mass is 32.1. The average molecular weight is 358 g/mol. The maximum absolute atomic E-state index is 11.4. The summed E-state index contributed by atoms with van der Waals surface area (Å²) in [7, 11) is 0. The third kappa shape index (κ3) is 19.2. The number of unbranched alkanes of at least 4 members (excludes halogenated alkanes) is 14. The lowest BCUT2D eigenvalue weighted by Crippen LogP contribution is -2.44. The van der Waals surface area contributed by atoms with Gasteiger partial charge in [0.2, 0.25) is 5.91 Å². The molecule has 24 heavy (non-hydrogen) atoms. The lowest BCUT2D eigenvalue weighted by Gasteiger charge is -2.06. The van der Waals surface area contributed by atoms with Crippen molar-refractivity contribution < 1.29 is 4.79 Å². The molecule has 0 bridgehead atoms. The zero-order chi connectivity index (χ0) is 17.9. The fraction of sp³-hybridized carbons (Fsp3) is 0.895. The van der Waals surface area contributed by atoms with E-state index in [9.17, 15) is 4.79 Å². The van der Waals surface area contributed by atoms with Crippen molar-refractivity contribution in [3.63, 3.8) is 0 Å². The molecular weight excluding hydrogens is 318 g/mol. The van der Waals surface area contributed by atoms with Crippen molar-refractivity contribution in [3.8, 4) is 0 Å². The van der Waals surface area contributed by atoms with E-state index in [1.165, 1.54) is 83.5 Å². The second-order valence-corrected chi connectivity index (χ2v) is 7.18. The van der Waals surface area contributed by atoms with Crippen molar-refractivity contribution >= 4 is 23.2 Å². The van der Waals surface area contributed by atoms with Crippen LogP contribution < -0.4 is 16.6 Å². The molecule has 0 saturated heterocycles. The molecule has 0 heterocycles. The number of hydrogen-bond donors (Lipinski definition) is 3. The highest BCUT2D eigenvalue weighted by molar-refractivity contribution is 7.80. The van der Waals surface area contributed by atoms with Crippen LogP contribution in [-0.4, -0.2) is 11.0 Å². The molecule has 0 aliphatic heterocycles. The first-order valence-corrected chi connectivity index (χ1v) is 10.4. The third-order valence-electron chi connectivity index (χ3n) is 4.33. The first kappa shape index (κ1) is 23.2. The van der Waals surface area contributed by atoms with Crippen LogP contribution in [0, 0.1) is 0 Å². The highest BCUT2D eigenvalue weighted by Crippen LogP contribution is 2.13. The van der Waals surface area contributed by atoms with Crippen LogP contribution >= 0.6 is 12.2 Å². The summed E-state index contributed by atoms with van der Waals surface area (Å²) in [6.45, 7) is 2.27. The number of carbonyl (C=O) groups is 1. The van der Waals surface area contributed by atoms with Crippen molar-refractivity contribution in [3.05, 3.63) is 0 Å². The molecule has 0 saturated carbocycles. The van der Waals surface area contributed by atoms with E-state index in [1.54, 1.807) is 0 Å². The predicted molar refractivity (Wildman–Crippen MR) is 108 cm³/mol. The van der Waals surface area contributed by atoms with Gasteiger partial charge in [-0.15, -0.1) is 0 Å². The number of nitrogens with one attached hydrogen (secondary N) is 2. The van der Waals surface area contributed by atoms with Gasteiger partial charge in [0.15, 0.2) is 5.11 Å². The molecule has 0 radical (unpaired) electrons. The first-order chi connectivity index (χ1) is 11.7. The number of nitrogens with two attached hydrogens (primary N) is 1. The van der Waals surface area contributed by atoms with E-state index >= 15 is 0 Å². The van der Waals surface area contributed by atoms with Crippen LogP contribution in [-0.2, 0) is 4.79 Å². The molecule has 0 spiro atoms. The molecule has 142 valence electrons. The van der Waals surface area contributed by atoms with Gasteiger partial charge >= 0.3 is 0 Å². The standard InChI is InChI=1S/C19H39N3OS/c1-2-3-4-5-6-7-8-9-10-11-12-13-14-15-16-17-18(23)21-22-19(20)24/h2-17H2,1H3,(H,21,23)(H3,20,22,24). The summed E-state index contributed by atoms with van der Waals surface area (Å²) in [6, 6.07) is 0. The Morgan fingerprint density at radius 1 is 0.708 bits per heavy atom. The van der Waals surface area contributed by atoms with Gasteiger partial charge in [0, 0.05) is 6.42 Å². The molecule has 4 N–H and O–H groups in total. The summed E-state index contributed by atoms with van der Waals surface area (Å²) >= 11 is 4.62. The third-order valence-corrected chi connectivity index (χ3v) is 4.43. The van der Waals surface area contributed by atoms with Crippen LogP contribution in [0.3, 0.4) is 0 Å². The van der Waals surface area contributed by atoms with Gasteiger partial charge in [-0.3, -0.25) is 15.6 Å². The lowest BCUT2D eigenvalue weighted by atomic mass is 10.0. The number of carbonyl (C=O) groups excluding carboxylic acids is 1.